The van der Waals surface area contributed by atoms with Crippen LogP contribution in [0.25, 0.3) is 16.7 Å². The molecule has 5 rings (SSSR count). The molecular formula is C26H28Cl2N6O. The Balaban J connectivity index is 1.49. The highest BCUT2D eigenvalue weighted by molar-refractivity contribution is 6.35. The van der Waals surface area contributed by atoms with Crippen molar-refractivity contribution < 1.29 is 5.11 Å². The predicted octanol–water partition coefficient (Wildman–Crippen LogP) is 5.25. The van der Waals surface area contributed by atoms with Crippen molar-refractivity contribution in [3.05, 3.63) is 57.5 Å². The summed E-state index contributed by atoms with van der Waals surface area (Å²) in [6.45, 7) is 5.52. The van der Waals surface area contributed by atoms with Crippen LogP contribution in [0.3, 0.4) is 0 Å². The number of rotatable bonds is 5. The van der Waals surface area contributed by atoms with Crippen LogP contribution in [0, 0.1) is 17.2 Å². The van der Waals surface area contributed by atoms with E-state index in [1.807, 2.05) is 13.0 Å². The smallest absolute Gasteiger partial charge is 0.190 e. The van der Waals surface area contributed by atoms with Gasteiger partial charge in [0.2, 0.25) is 0 Å². The first-order chi connectivity index (χ1) is 16.9. The highest BCUT2D eigenvalue weighted by atomic mass is 35.5. The number of likely N-dealkylation sites (tertiary alicyclic amines) is 1. The predicted molar refractivity (Wildman–Crippen MR) is 137 cm³/mol. The van der Waals surface area contributed by atoms with Gasteiger partial charge in [-0.2, -0.15) is 10.4 Å². The van der Waals surface area contributed by atoms with Crippen molar-refractivity contribution in [3.8, 4) is 6.07 Å². The molecule has 0 amide bonds. The average molecular weight is 511 g/mol. The van der Waals surface area contributed by atoms with Crippen LogP contribution in [0.4, 0.5) is 0 Å². The van der Waals surface area contributed by atoms with Gasteiger partial charge in [-0.25, -0.2) is 14.6 Å². The fourth-order valence-corrected chi connectivity index (χ4v) is 6.17. The van der Waals surface area contributed by atoms with E-state index in [-0.39, 0.29) is 24.4 Å². The molecule has 1 N–H and O–H groups in total. The molecule has 0 saturated carbocycles. The molecule has 1 aromatic carbocycles. The zero-order valence-electron chi connectivity index (χ0n) is 19.8. The second-order valence-corrected chi connectivity index (χ2v) is 10.4. The minimum absolute atomic E-state index is 0.225. The number of hydrogen-bond donors (Lipinski definition) is 1. The number of aliphatic hydroxyl groups excluding tert-OH is 1. The zero-order chi connectivity index (χ0) is 24.7. The van der Waals surface area contributed by atoms with Gasteiger partial charge in [0.15, 0.2) is 11.3 Å². The number of nitriles is 1. The Hall–Kier alpha value is -2.50. The van der Waals surface area contributed by atoms with Crippen molar-refractivity contribution in [2.75, 3.05) is 13.2 Å². The van der Waals surface area contributed by atoms with Crippen molar-refractivity contribution in [1.82, 2.24) is 24.6 Å². The molecule has 1 saturated heterocycles. The number of fused-ring (bicyclic) bond motifs is 1. The minimum atomic E-state index is -0.261. The number of halogens is 2. The molecule has 3 heterocycles. The highest BCUT2D eigenvalue weighted by Gasteiger charge is 2.35. The van der Waals surface area contributed by atoms with Crippen LogP contribution in [0.15, 0.2) is 30.5 Å². The number of aliphatic hydroxyl groups is 1. The first-order valence-corrected chi connectivity index (χ1v) is 12.8. The van der Waals surface area contributed by atoms with Gasteiger partial charge in [-0.05, 0) is 68.3 Å². The highest BCUT2D eigenvalue weighted by Crippen LogP contribution is 2.36. The van der Waals surface area contributed by atoms with E-state index in [0.717, 1.165) is 49.1 Å². The molecule has 2 aromatic heterocycles. The molecular weight excluding hydrogens is 483 g/mol. The molecule has 182 valence electrons. The molecule has 1 aliphatic carbocycles. The van der Waals surface area contributed by atoms with E-state index in [2.05, 4.69) is 34.1 Å². The van der Waals surface area contributed by atoms with Crippen LogP contribution in [0.2, 0.25) is 10.0 Å². The summed E-state index contributed by atoms with van der Waals surface area (Å²) in [5.41, 5.74) is 4.10. The van der Waals surface area contributed by atoms with Gasteiger partial charge in [0.25, 0.3) is 0 Å². The van der Waals surface area contributed by atoms with Gasteiger partial charge < -0.3 is 5.11 Å². The lowest BCUT2D eigenvalue weighted by atomic mass is 9.83. The monoisotopic (exact) mass is 510 g/mol. The number of benzene rings is 1. The van der Waals surface area contributed by atoms with E-state index in [4.69, 9.17) is 28.2 Å². The van der Waals surface area contributed by atoms with Crippen LogP contribution in [-0.2, 0) is 0 Å². The third-order valence-electron chi connectivity index (χ3n) is 7.48. The number of hydrogen-bond acceptors (Lipinski definition) is 6. The molecule has 0 radical (unpaired) electrons. The molecule has 2 aliphatic rings. The second-order valence-electron chi connectivity index (χ2n) is 9.60. The van der Waals surface area contributed by atoms with E-state index in [9.17, 15) is 10.4 Å². The molecule has 4 atom stereocenters. The van der Waals surface area contributed by atoms with Crippen LogP contribution >= 0.6 is 23.2 Å². The van der Waals surface area contributed by atoms with Crippen LogP contribution in [0.5, 0.6) is 0 Å². The van der Waals surface area contributed by atoms with Gasteiger partial charge in [0.1, 0.15) is 11.6 Å². The maximum atomic E-state index is 9.77. The SMILES string of the molecule is C[C@H](c1ccc(Cl)cc1Cl)n1nc(C#N)c2ncc(C3=CC[C@@H](N4CCCC4CO)[C@@H](C)C3)nc21. The average Bonchev–Trinajstić information content (AvgIpc) is 3.47. The molecule has 7 nitrogen and oxygen atoms in total. The van der Waals surface area contributed by atoms with E-state index in [0.29, 0.717) is 33.2 Å². The Morgan fingerprint density at radius 2 is 2.14 bits per heavy atom. The molecule has 35 heavy (non-hydrogen) atoms. The fourth-order valence-electron chi connectivity index (χ4n) is 5.60. The van der Waals surface area contributed by atoms with Gasteiger partial charge in [0.05, 0.1) is 24.5 Å². The van der Waals surface area contributed by atoms with Crippen molar-refractivity contribution in [3.63, 3.8) is 0 Å². The van der Waals surface area contributed by atoms with E-state index in [1.54, 1.807) is 23.0 Å². The summed E-state index contributed by atoms with van der Waals surface area (Å²) in [5, 5.41) is 25.0. The first kappa shape index (κ1) is 24.2. The third kappa shape index (κ3) is 4.45. The van der Waals surface area contributed by atoms with Gasteiger partial charge in [-0.3, -0.25) is 4.90 Å². The minimum Gasteiger partial charge on any atom is -0.395 e. The molecule has 0 bridgehead atoms. The number of aromatic nitrogens is 4. The Labute approximate surface area is 215 Å². The standard InChI is InChI=1S/C26H28Cl2N6O/c1-15-10-17(5-8-24(15)33-9-3-4-19(33)14-35)23-13-30-25-22(12-29)32-34(26(25)31-23)16(2)20-7-6-18(27)11-21(20)28/h5-7,11,13,15-16,19,24,35H,3-4,8-10,14H2,1-2H3/t15-,16+,19?,24+/m0/s1. The summed E-state index contributed by atoms with van der Waals surface area (Å²) in [4.78, 5) is 12.0. The summed E-state index contributed by atoms with van der Waals surface area (Å²) in [6.07, 6.45) is 8.04. The lowest BCUT2D eigenvalue weighted by Gasteiger charge is -2.38. The second kappa shape index (κ2) is 9.87. The molecule has 1 unspecified atom stereocenters. The van der Waals surface area contributed by atoms with E-state index < -0.39 is 0 Å². The van der Waals surface area contributed by atoms with Crippen molar-refractivity contribution in [2.45, 2.75) is 57.7 Å². The van der Waals surface area contributed by atoms with Gasteiger partial charge in [-0.15, -0.1) is 0 Å². The normalized spacial score (nSPS) is 23.9. The number of allylic oxidation sites excluding steroid dienone is 1. The maximum Gasteiger partial charge on any atom is 0.190 e. The Kier molecular flexibility index (Phi) is 6.82. The summed E-state index contributed by atoms with van der Waals surface area (Å²) in [6, 6.07) is 7.95. The third-order valence-corrected chi connectivity index (χ3v) is 8.04. The van der Waals surface area contributed by atoms with Crippen molar-refractivity contribution in [1.29, 1.82) is 5.26 Å². The fraction of sp³-hybridized carbons (Fsp3) is 0.462. The van der Waals surface area contributed by atoms with Gasteiger partial charge in [-0.1, -0.05) is 42.3 Å². The quantitative estimate of drug-likeness (QED) is 0.503. The molecule has 3 aromatic rings. The lowest BCUT2D eigenvalue weighted by Crippen LogP contribution is -2.45. The Morgan fingerprint density at radius 3 is 2.86 bits per heavy atom. The van der Waals surface area contributed by atoms with Gasteiger partial charge in [0, 0.05) is 22.1 Å². The van der Waals surface area contributed by atoms with E-state index in [1.165, 1.54) is 0 Å². The lowest BCUT2D eigenvalue weighted by molar-refractivity contribution is 0.0910. The van der Waals surface area contributed by atoms with Crippen LogP contribution in [-0.4, -0.2) is 55.0 Å². The summed E-state index contributed by atoms with van der Waals surface area (Å²) < 4.78 is 1.73. The Morgan fingerprint density at radius 1 is 1.31 bits per heavy atom. The van der Waals surface area contributed by atoms with Crippen molar-refractivity contribution in [2.24, 2.45) is 5.92 Å². The van der Waals surface area contributed by atoms with Gasteiger partial charge >= 0.3 is 0 Å². The van der Waals surface area contributed by atoms with Crippen LogP contribution < -0.4 is 0 Å². The zero-order valence-corrected chi connectivity index (χ0v) is 21.3. The summed E-state index contributed by atoms with van der Waals surface area (Å²) in [5.74, 6) is 0.436. The summed E-state index contributed by atoms with van der Waals surface area (Å²) >= 11 is 12.5. The van der Waals surface area contributed by atoms with Crippen molar-refractivity contribution >= 4 is 39.9 Å². The van der Waals surface area contributed by atoms with Crippen LogP contribution in [0.1, 0.15) is 62.5 Å². The summed E-state index contributed by atoms with van der Waals surface area (Å²) in [7, 11) is 0. The largest absolute Gasteiger partial charge is 0.395 e. The maximum absolute atomic E-state index is 9.77. The Bertz CT molecular complexity index is 1330. The molecule has 1 aliphatic heterocycles. The molecule has 0 spiro atoms. The number of nitrogens with zero attached hydrogens (tertiary/aromatic N) is 6. The molecule has 1 fully saturated rings. The first-order valence-electron chi connectivity index (χ1n) is 12.1. The van der Waals surface area contributed by atoms with E-state index >= 15 is 0 Å². The topological polar surface area (TPSA) is 90.9 Å². The molecule has 9 heteroatoms.